The molecule has 2 aromatic carbocycles. The molecule has 0 saturated heterocycles. The second-order valence-corrected chi connectivity index (χ2v) is 8.29. The summed E-state index contributed by atoms with van der Waals surface area (Å²) in [5, 5.41) is 23.8. The third-order valence-corrected chi connectivity index (χ3v) is 5.81. The Kier molecular flexibility index (Phi) is 5.61. The van der Waals surface area contributed by atoms with E-state index in [0.717, 1.165) is 35.7 Å². The minimum absolute atomic E-state index is 0.0713. The summed E-state index contributed by atoms with van der Waals surface area (Å²) in [6.07, 6.45) is 5.09. The number of amides is 2. The van der Waals surface area contributed by atoms with Gasteiger partial charge in [-0.2, -0.15) is 5.10 Å². The molecular formula is C24H26N4O4. The zero-order chi connectivity index (χ0) is 23.0. The van der Waals surface area contributed by atoms with Gasteiger partial charge in [-0.15, -0.1) is 0 Å². The van der Waals surface area contributed by atoms with Crippen LogP contribution >= 0.6 is 0 Å². The fourth-order valence-electron chi connectivity index (χ4n) is 4.14. The van der Waals surface area contributed by atoms with Gasteiger partial charge in [0.2, 0.25) is 0 Å². The van der Waals surface area contributed by atoms with Crippen LogP contribution in [0.25, 0.3) is 0 Å². The number of rotatable bonds is 4. The Morgan fingerprint density at radius 2 is 1.97 bits per heavy atom. The van der Waals surface area contributed by atoms with Crippen LogP contribution in [-0.2, 0) is 20.0 Å². The zero-order valence-corrected chi connectivity index (χ0v) is 18.3. The van der Waals surface area contributed by atoms with Crippen molar-refractivity contribution in [2.45, 2.75) is 32.4 Å². The highest BCUT2D eigenvalue weighted by molar-refractivity contribution is 6.09. The highest BCUT2D eigenvalue weighted by Gasteiger charge is 2.31. The molecule has 8 heteroatoms. The Labute approximate surface area is 186 Å². The summed E-state index contributed by atoms with van der Waals surface area (Å²) in [5.74, 6) is -0.823. The molecule has 0 aliphatic carbocycles. The van der Waals surface area contributed by atoms with Crippen LogP contribution in [0, 0.1) is 0 Å². The lowest BCUT2D eigenvalue weighted by Gasteiger charge is -2.35. The van der Waals surface area contributed by atoms with Crippen molar-refractivity contribution in [1.82, 2.24) is 14.7 Å². The summed E-state index contributed by atoms with van der Waals surface area (Å²) in [6, 6.07) is 9.25. The van der Waals surface area contributed by atoms with Gasteiger partial charge in [-0.05, 0) is 55.7 Å². The summed E-state index contributed by atoms with van der Waals surface area (Å²) in [6.45, 7) is 2.41. The number of nitrogens with zero attached hydrogens (tertiary/aromatic N) is 4. The number of aryl methyl sites for hydroxylation is 2. The van der Waals surface area contributed by atoms with Gasteiger partial charge in [-0.25, -0.2) is 0 Å². The first-order chi connectivity index (χ1) is 15.2. The molecule has 0 bridgehead atoms. The first kappa shape index (κ1) is 21.4. The van der Waals surface area contributed by atoms with E-state index in [0.29, 0.717) is 12.1 Å². The van der Waals surface area contributed by atoms with E-state index < -0.39 is 0 Å². The molecular weight excluding hydrogens is 408 g/mol. The normalized spacial score (nSPS) is 15.3. The molecule has 3 aromatic rings. The number of carbonyl (C=O) groups is 2. The molecule has 1 aliphatic rings. The van der Waals surface area contributed by atoms with Crippen LogP contribution in [0.15, 0.2) is 48.8 Å². The number of anilines is 1. The third kappa shape index (κ3) is 4.03. The van der Waals surface area contributed by atoms with Crippen molar-refractivity contribution in [3.63, 3.8) is 0 Å². The van der Waals surface area contributed by atoms with Crippen LogP contribution in [0.2, 0.25) is 0 Å². The molecule has 1 aliphatic heterocycles. The number of phenols is 2. The standard InChI is InChI=1S/C24H26N4O4/c1-15-4-5-17-10-18(23(31)26(2)13-16-12-25-27(3)14-16)6-9-21(17)28(15)24(32)20-8-7-19(29)11-22(20)30/h6-12,14-15,29-30H,4-5,13H2,1-3H3. The molecule has 166 valence electrons. The molecule has 1 unspecified atom stereocenters. The Morgan fingerprint density at radius 3 is 2.66 bits per heavy atom. The van der Waals surface area contributed by atoms with Crippen LogP contribution in [-0.4, -0.2) is 49.8 Å². The van der Waals surface area contributed by atoms with Crippen molar-refractivity contribution in [2.24, 2.45) is 7.05 Å². The molecule has 0 spiro atoms. The van der Waals surface area contributed by atoms with Crippen LogP contribution in [0.4, 0.5) is 5.69 Å². The van der Waals surface area contributed by atoms with E-state index in [2.05, 4.69) is 5.10 Å². The lowest BCUT2D eigenvalue weighted by atomic mass is 9.93. The minimum atomic E-state index is -0.344. The maximum atomic E-state index is 13.2. The summed E-state index contributed by atoms with van der Waals surface area (Å²) in [7, 11) is 3.58. The summed E-state index contributed by atoms with van der Waals surface area (Å²) in [5.41, 5.74) is 3.27. The van der Waals surface area contributed by atoms with E-state index in [4.69, 9.17) is 0 Å². The predicted octanol–water partition coefficient (Wildman–Crippen LogP) is 3.09. The van der Waals surface area contributed by atoms with E-state index in [1.54, 1.807) is 39.9 Å². The molecule has 32 heavy (non-hydrogen) atoms. The lowest BCUT2D eigenvalue weighted by Crippen LogP contribution is -2.42. The number of carbonyl (C=O) groups excluding carboxylic acids is 2. The van der Waals surface area contributed by atoms with Crippen molar-refractivity contribution in [2.75, 3.05) is 11.9 Å². The third-order valence-electron chi connectivity index (χ3n) is 5.81. The highest BCUT2D eigenvalue weighted by atomic mass is 16.3. The van der Waals surface area contributed by atoms with Gasteiger partial charge < -0.3 is 20.0 Å². The SMILES string of the molecule is CC1CCc2cc(C(=O)N(C)Cc3cnn(C)c3)ccc2N1C(=O)c1ccc(O)cc1O. The highest BCUT2D eigenvalue weighted by Crippen LogP contribution is 2.35. The van der Waals surface area contributed by atoms with Gasteiger partial charge in [0, 0.05) is 55.8 Å². The van der Waals surface area contributed by atoms with Gasteiger partial charge in [-0.1, -0.05) is 0 Å². The number of fused-ring (bicyclic) bond motifs is 1. The number of hydrogen-bond acceptors (Lipinski definition) is 5. The fraction of sp³-hybridized carbons (Fsp3) is 0.292. The van der Waals surface area contributed by atoms with Gasteiger partial charge in [0.1, 0.15) is 11.5 Å². The van der Waals surface area contributed by atoms with E-state index in [9.17, 15) is 19.8 Å². The van der Waals surface area contributed by atoms with E-state index in [-0.39, 0.29) is 34.9 Å². The van der Waals surface area contributed by atoms with Crippen molar-refractivity contribution >= 4 is 17.5 Å². The largest absolute Gasteiger partial charge is 0.508 e. The topological polar surface area (TPSA) is 98.9 Å². The number of aromatic hydroxyl groups is 2. The van der Waals surface area contributed by atoms with Crippen molar-refractivity contribution < 1.29 is 19.8 Å². The summed E-state index contributed by atoms with van der Waals surface area (Å²) >= 11 is 0. The minimum Gasteiger partial charge on any atom is -0.508 e. The van der Waals surface area contributed by atoms with Gasteiger partial charge in [0.15, 0.2) is 0 Å². The average molecular weight is 434 g/mol. The maximum absolute atomic E-state index is 13.2. The molecule has 0 radical (unpaired) electrons. The van der Waals surface area contributed by atoms with E-state index in [1.165, 1.54) is 12.1 Å². The molecule has 2 heterocycles. The second-order valence-electron chi connectivity index (χ2n) is 8.29. The predicted molar refractivity (Wildman–Crippen MR) is 120 cm³/mol. The quantitative estimate of drug-likeness (QED) is 0.658. The first-order valence-electron chi connectivity index (χ1n) is 10.5. The van der Waals surface area contributed by atoms with Crippen LogP contribution in [0.5, 0.6) is 11.5 Å². The zero-order valence-electron chi connectivity index (χ0n) is 18.3. The lowest BCUT2D eigenvalue weighted by molar-refractivity contribution is 0.0785. The van der Waals surface area contributed by atoms with Gasteiger partial charge in [0.05, 0.1) is 11.8 Å². The molecule has 2 amide bonds. The summed E-state index contributed by atoms with van der Waals surface area (Å²) < 4.78 is 1.70. The average Bonchev–Trinajstić information content (AvgIpc) is 3.16. The van der Waals surface area contributed by atoms with Crippen LogP contribution in [0.3, 0.4) is 0 Å². The number of phenolic OH excluding ortho intramolecular Hbond substituents is 2. The van der Waals surface area contributed by atoms with Crippen molar-refractivity contribution in [1.29, 1.82) is 0 Å². The van der Waals surface area contributed by atoms with Crippen LogP contribution < -0.4 is 4.90 Å². The van der Waals surface area contributed by atoms with E-state index in [1.807, 2.05) is 26.2 Å². The van der Waals surface area contributed by atoms with Crippen LogP contribution in [0.1, 0.15) is 45.2 Å². The maximum Gasteiger partial charge on any atom is 0.262 e. The molecule has 0 fully saturated rings. The van der Waals surface area contributed by atoms with Gasteiger partial charge in [0.25, 0.3) is 11.8 Å². The number of aromatic nitrogens is 2. The van der Waals surface area contributed by atoms with Gasteiger partial charge in [-0.3, -0.25) is 14.3 Å². The van der Waals surface area contributed by atoms with Crippen molar-refractivity contribution in [3.05, 3.63) is 71.0 Å². The monoisotopic (exact) mass is 434 g/mol. The molecule has 0 saturated carbocycles. The Balaban J connectivity index is 1.60. The van der Waals surface area contributed by atoms with Gasteiger partial charge >= 0.3 is 0 Å². The Morgan fingerprint density at radius 1 is 1.19 bits per heavy atom. The Bertz CT molecular complexity index is 1190. The van der Waals surface area contributed by atoms with Crippen molar-refractivity contribution in [3.8, 4) is 11.5 Å². The van der Waals surface area contributed by atoms with E-state index >= 15 is 0 Å². The Hall–Kier alpha value is -3.81. The molecule has 8 nitrogen and oxygen atoms in total. The molecule has 1 atom stereocenters. The molecule has 1 aromatic heterocycles. The number of benzene rings is 2. The second kappa shape index (κ2) is 8.37. The number of hydrogen-bond donors (Lipinski definition) is 2. The molecule has 2 N–H and O–H groups in total. The first-order valence-corrected chi connectivity index (χ1v) is 10.5. The summed E-state index contributed by atoms with van der Waals surface area (Å²) in [4.78, 5) is 29.5. The fourth-order valence-corrected chi connectivity index (χ4v) is 4.14. The smallest absolute Gasteiger partial charge is 0.262 e. The molecule has 4 rings (SSSR count).